The molecule has 0 aliphatic heterocycles. The van der Waals surface area contributed by atoms with E-state index in [1.165, 1.54) is 9.21 Å². The minimum atomic E-state index is -3.63. The number of amides is 2. The summed E-state index contributed by atoms with van der Waals surface area (Å²) >= 11 is 12.1. The van der Waals surface area contributed by atoms with Gasteiger partial charge in [0.1, 0.15) is 11.8 Å². The van der Waals surface area contributed by atoms with Crippen LogP contribution in [0.3, 0.4) is 0 Å². The fourth-order valence-electron chi connectivity index (χ4n) is 3.66. The number of benzene rings is 2. The van der Waals surface area contributed by atoms with Gasteiger partial charge in [-0.2, -0.15) is 0 Å². The number of halogens is 2. The van der Waals surface area contributed by atoms with E-state index in [0.717, 1.165) is 11.8 Å². The third-order valence-electron chi connectivity index (χ3n) is 5.44. The first-order chi connectivity index (χ1) is 17.0. The van der Waals surface area contributed by atoms with E-state index in [1.807, 2.05) is 6.92 Å². The number of sulfonamides is 1. The fourth-order valence-corrected chi connectivity index (χ4v) is 4.95. The highest BCUT2D eigenvalue weighted by atomic mass is 35.5. The summed E-state index contributed by atoms with van der Waals surface area (Å²) in [5.74, 6) is -0.122. The molecule has 0 aliphatic rings. The van der Waals surface area contributed by atoms with Crippen LogP contribution in [0.2, 0.25) is 10.0 Å². The predicted molar refractivity (Wildman–Crippen MR) is 144 cm³/mol. The molecule has 0 bridgehead atoms. The van der Waals surface area contributed by atoms with Crippen LogP contribution in [-0.2, 0) is 26.2 Å². The molecule has 1 atom stereocenters. The molecular formula is C25H33Cl2N3O5S. The van der Waals surface area contributed by atoms with Gasteiger partial charge in [-0.3, -0.25) is 13.9 Å². The van der Waals surface area contributed by atoms with Crippen molar-refractivity contribution in [3.8, 4) is 5.75 Å². The lowest BCUT2D eigenvalue weighted by Gasteiger charge is -2.29. The first kappa shape index (κ1) is 29.7. The van der Waals surface area contributed by atoms with Gasteiger partial charge in [0, 0.05) is 26.1 Å². The van der Waals surface area contributed by atoms with Gasteiger partial charge in [-0.1, -0.05) is 41.4 Å². The van der Waals surface area contributed by atoms with Crippen molar-refractivity contribution in [3.63, 3.8) is 0 Å². The smallest absolute Gasteiger partial charge is 0.242 e. The Morgan fingerprint density at radius 3 is 2.39 bits per heavy atom. The van der Waals surface area contributed by atoms with Gasteiger partial charge < -0.3 is 15.0 Å². The summed E-state index contributed by atoms with van der Waals surface area (Å²) in [6.45, 7) is 6.31. The summed E-state index contributed by atoms with van der Waals surface area (Å²) in [6, 6.07) is 11.2. The van der Waals surface area contributed by atoms with Gasteiger partial charge in [0.2, 0.25) is 21.8 Å². The molecule has 198 valence electrons. The van der Waals surface area contributed by atoms with Crippen LogP contribution in [0.5, 0.6) is 5.75 Å². The Kier molecular flexibility index (Phi) is 11.3. The summed E-state index contributed by atoms with van der Waals surface area (Å²) in [5.41, 5.74) is 1.13. The molecule has 8 nitrogen and oxygen atoms in total. The Bertz CT molecular complexity index is 1160. The Balaban J connectivity index is 2.21. The first-order valence-corrected chi connectivity index (χ1v) is 14.3. The number of likely N-dealkylation sites (N-methyl/N-ethyl adjacent to an activating group) is 1. The minimum absolute atomic E-state index is 0.0356. The zero-order valence-corrected chi connectivity index (χ0v) is 23.3. The molecule has 1 N–H and O–H groups in total. The van der Waals surface area contributed by atoms with E-state index in [-0.39, 0.29) is 37.7 Å². The van der Waals surface area contributed by atoms with E-state index in [4.69, 9.17) is 27.9 Å². The van der Waals surface area contributed by atoms with Gasteiger partial charge in [0.05, 0.1) is 28.6 Å². The second-order valence-corrected chi connectivity index (χ2v) is 10.9. The van der Waals surface area contributed by atoms with E-state index in [0.29, 0.717) is 34.6 Å². The molecule has 0 radical (unpaired) electrons. The zero-order chi connectivity index (χ0) is 26.9. The zero-order valence-electron chi connectivity index (χ0n) is 21.0. The average molecular weight is 559 g/mol. The van der Waals surface area contributed by atoms with Crippen molar-refractivity contribution < 1.29 is 22.7 Å². The summed E-state index contributed by atoms with van der Waals surface area (Å²) in [6.07, 6.45) is 1.39. The van der Waals surface area contributed by atoms with E-state index < -0.39 is 16.1 Å². The van der Waals surface area contributed by atoms with Crippen LogP contribution in [0.25, 0.3) is 0 Å². The van der Waals surface area contributed by atoms with Crippen molar-refractivity contribution in [1.29, 1.82) is 0 Å². The highest BCUT2D eigenvalue weighted by Gasteiger charge is 2.27. The molecule has 0 fully saturated rings. The van der Waals surface area contributed by atoms with Crippen molar-refractivity contribution in [2.45, 2.75) is 46.2 Å². The Labute approximate surface area is 223 Å². The standard InChI is InChI=1S/C25H33Cl2N3O5S/c1-5-28-25(32)18(3)29(17-19-13-14-20(26)21(27)16-19)24(31)12-9-15-30(36(4,33)34)22-10-7-8-11-23(22)35-6-2/h7-8,10-11,13-14,16,18H,5-6,9,12,15,17H2,1-4H3,(H,28,32)/t18-/m0/s1. The lowest BCUT2D eigenvalue weighted by Crippen LogP contribution is -2.47. The highest BCUT2D eigenvalue weighted by molar-refractivity contribution is 7.92. The van der Waals surface area contributed by atoms with Crippen LogP contribution < -0.4 is 14.4 Å². The molecule has 0 saturated carbocycles. The molecule has 0 unspecified atom stereocenters. The number of anilines is 1. The SMILES string of the molecule is CCNC(=O)[C@H](C)N(Cc1ccc(Cl)c(Cl)c1)C(=O)CCCN(c1ccccc1OCC)S(C)(=O)=O. The van der Waals surface area contributed by atoms with Gasteiger partial charge >= 0.3 is 0 Å². The van der Waals surface area contributed by atoms with E-state index in [1.54, 1.807) is 56.3 Å². The number of carbonyl (C=O) groups excluding carboxylic acids is 2. The van der Waals surface area contributed by atoms with Gasteiger partial charge in [-0.05, 0) is 57.0 Å². The lowest BCUT2D eigenvalue weighted by molar-refractivity contribution is -0.140. The third-order valence-corrected chi connectivity index (χ3v) is 7.36. The maximum Gasteiger partial charge on any atom is 0.242 e. The summed E-state index contributed by atoms with van der Waals surface area (Å²) in [7, 11) is -3.63. The molecular weight excluding hydrogens is 525 g/mol. The molecule has 2 amide bonds. The number of rotatable bonds is 13. The van der Waals surface area contributed by atoms with E-state index in [9.17, 15) is 18.0 Å². The molecule has 2 aromatic carbocycles. The number of hydrogen-bond acceptors (Lipinski definition) is 5. The molecule has 36 heavy (non-hydrogen) atoms. The quantitative estimate of drug-likeness (QED) is 0.391. The second-order valence-electron chi connectivity index (χ2n) is 8.18. The van der Waals surface area contributed by atoms with E-state index >= 15 is 0 Å². The van der Waals surface area contributed by atoms with Crippen molar-refractivity contribution in [2.75, 3.05) is 30.3 Å². The van der Waals surface area contributed by atoms with Gasteiger partial charge in [-0.15, -0.1) is 0 Å². The van der Waals surface area contributed by atoms with Crippen LogP contribution >= 0.6 is 23.2 Å². The van der Waals surface area contributed by atoms with Gasteiger partial charge in [0.15, 0.2) is 0 Å². The molecule has 11 heteroatoms. The average Bonchev–Trinajstić information content (AvgIpc) is 2.82. The molecule has 2 aromatic rings. The molecule has 0 saturated heterocycles. The third kappa shape index (κ3) is 8.28. The maximum absolute atomic E-state index is 13.3. The number of carbonyl (C=O) groups is 2. The van der Waals surface area contributed by atoms with Crippen molar-refractivity contribution in [2.24, 2.45) is 0 Å². The van der Waals surface area contributed by atoms with Crippen molar-refractivity contribution in [3.05, 3.63) is 58.1 Å². The Hall–Kier alpha value is -2.49. The van der Waals surface area contributed by atoms with Gasteiger partial charge in [-0.25, -0.2) is 8.42 Å². The number of hydrogen-bond donors (Lipinski definition) is 1. The summed E-state index contributed by atoms with van der Waals surface area (Å²) in [4.78, 5) is 27.3. The van der Waals surface area contributed by atoms with Crippen molar-refractivity contribution >= 4 is 50.7 Å². The van der Waals surface area contributed by atoms with Crippen molar-refractivity contribution in [1.82, 2.24) is 10.2 Å². The monoisotopic (exact) mass is 557 g/mol. The normalized spacial score (nSPS) is 12.1. The minimum Gasteiger partial charge on any atom is -0.492 e. The number of nitrogens with one attached hydrogen (secondary N) is 1. The number of nitrogens with zero attached hydrogens (tertiary/aromatic N) is 2. The van der Waals surface area contributed by atoms with Crippen LogP contribution in [0.15, 0.2) is 42.5 Å². The number of ether oxygens (including phenoxy) is 1. The highest BCUT2D eigenvalue weighted by Crippen LogP contribution is 2.30. The molecule has 0 aromatic heterocycles. The Morgan fingerprint density at radius 2 is 1.78 bits per heavy atom. The molecule has 2 rings (SSSR count). The lowest BCUT2D eigenvalue weighted by atomic mass is 10.1. The summed E-state index contributed by atoms with van der Waals surface area (Å²) < 4.78 is 32.0. The molecule has 0 spiro atoms. The van der Waals surface area contributed by atoms with Crippen LogP contribution in [-0.4, -0.2) is 57.1 Å². The number of para-hydroxylation sites is 2. The first-order valence-electron chi connectivity index (χ1n) is 11.7. The fraction of sp³-hybridized carbons (Fsp3) is 0.440. The molecule has 0 aliphatic carbocycles. The predicted octanol–water partition coefficient (Wildman–Crippen LogP) is 4.49. The molecule has 0 heterocycles. The van der Waals surface area contributed by atoms with Crippen LogP contribution in [0.1, 0.15) is 39.2 Å². The largest absolute Gasteiger partial charge is 0.492 e. The summed E-state index contributed by atoms with van der Waals surface area (Å²) in [5, 5.41) is 3.48. The maximum atomic E-state index is 13.3. The topological polar surface area (TPSA) is 96.0 Å². The Morgan fingerprint density at radius 1 is 1.08 bits per heavy atom. The van der Waals surface area contributed by atoms with Crippen LogP contribution in [0, 0.1) is 0 Å². The van der Waals surface area contributed by atoms with Crippen LogP contribution in [0.4, 0.5) is 5.69 Å². The van der Waals surface area contributed by atoms with E-state index in [2.05, 4.69) is 5.32 Å². The second kappa shape index (κ2) is 13.7. The van der Waals surface area contributed by atoms with Gasteiger partial charge in [0.25, 0.3) is 0 Å².